The lowest BCUT2D eigenvalue weighted by Crippen LogP contribution is -2.10. The zero-order valence-electron chi connectivity index (χ0n) is 20.5. The fourth-order valence-corrected chi connectivity index (χ4v) is 4.03. The average Bonchev–Trinajstić information content (AvgIpc) is 3.58. The van der Waals surface area contributed by atoms with Crippen molar-refractivity contribution in [3.63, 3.8) is 0 Å². The molecular weight excluding hydrogens is 489 g/mol. The highest BCUT2D eigenvalue weighted by Crippen LogP contribution is 2.43. The summed E-state index contributed by atoms with van der Waals surface area (Å²) in [5.41, 5.74) is 3.12. The molecule has 1 N–H and O–H groups in total. The van der Waals surface area contributed by atoms with Gasteiger partial charge < -0.3 is 19.2 Å². The number of benzene rings is 3. The van der Waals surface area contributed by atoms with Crippen molar-refractivity contribution in [3.8, 4) is 39.7 Å². The molecule has 0 aliphatic rings. The Morgan fingerprint density at radius 3 is 2.45 bits per heavy atom. The molecule has 9 heteroatoms. The van der Waals surface area contributed by atoms with E-state index in [2.05, 4.69) is 5.32 Å². The summed E-state index contributed by atoms with van der Waals surface area (Å²) in [5.74, 6) is -0.592. The maximum absolute atomic E-state index is 14.2. The summed E-state index contributed by atoms with van der Waals surface area (Å²) >= 11 is 0. The molecule has 5 rings (SSSR count). The first-order chi connectivity index (χ1) is 18.4. The van der Waals surface area contributed by atoms with Gasteiger partial charge >= 0.3 is 5.97 Å². The number of ether oxygens (including phenoxy) is 2. The first-order valence-corrected chi connectivity index (χ1v) is 11.6. The van der Waals surface area contributed by atoms with Gasteiger partial charge in [0.05, 0.1) is 24.6 Å². The van der Waals surface area contributed by atoms with E-state index >= 15 is 0 Å². The SMILES string of the molecule is COc1ccccc1-c1nn(-c2cccc(F)c2)c(OC(C)=O)c1-c1ccc(NC(=O)c2ccco2)cc1. The van der Waals surface area contributed by atoms with Gasteiger partial charge in [-0.3, -0.25) is 9.59 Å². The third kappa shape index (κ3) is 4.90. The summed E-state index contributed by atoms with van der Waals surface area (Å²) < 4.78 is 31.9. The Bertz CT molecular complexity index is 1610. The van der Waals surface area contributed by atoms with Gasteiger partial charge in [-0.2, -0.15) is 9.78 Å². The first kappa shape index (κ1) is 24.5. The number of anilines is 1. The van der Waals surface area contributed by atoms with E-state index in [0.717, 1.165) is 0 Å². The van der Waals surface area contributed by atoms with E-state index in [1.807, 2.05) is 18.2 Å². The summed E-state index contributed by atoms with van der Waals surface area (Å²) in [6.45, 7) is 1.28. The number of hydrogen-bond acceptors (Lipinski definition) is 6. The number of halogens is 1. The van der Waals surface area contributed by atoms with Gasteiger partial charge in [0.2, 0.25) is 5.88 Å². The summed E-state index contributed by atoms with van der Waals surface area (Å²) in [7, 11) is 1.55. The van der Waals surface area contributed by atoms with Crippen LogP contribution in [0.5, 0.6) is 11.6 Å². The van der Waals surface area contributed by atoms with Crippen molar-refractivity contribution < 1.29 is 27.9 Å². The molecule has 0 aliphatic carbocycles. The molecule has 190 valence electrons. The number of carbonyl (C=O) groups is 2. The number of nitrogens with one attached hydrogen (secondary N) is 1. The van der Waals surface area contributed by atoms with E-state index in [4.69, 9.17) is 19.0 Å². The molecule has 0 saturated heterocycles. The summed E-state index contributed by atoms with van der Waals surface area (Å²) in [6, 6.07) is 23.2. The molecule has 0 aliphatic heterocycles. The molecule has 0 atom stereocenters. The lowest BCUT2D eigenvalue weighted by atomic mass is 10.00. The van der Waals surface area contributed by atoms with Crippen LogP contribution in [0.2, 0.25) is 0 Å². The van der Waals surface area contributed by atoms with E-state index in [9.17, 15) is 14.0 Å². The highest BCUT2D eigenvalue weighted by Gasteiger charge is 2.26. The molecule has 0 radical (unpaired) electrons. The van der Waals surface area contributed by atoms with Gasteiger partial charge in [-0.15, -0.1) is 0 Å². The maximum Gasteiger partial charge on any atom is 0.309 e. The number of nitrogens with zero attached hydrogens (tertiary/aromatic N) is 2. The van der Waals surface area contributed by atoms with Crippen molar-refractivity contribution in [2.24, 2.45) is 0 Å². The summed E-state index contributed by atoms with van der Waals surface area (Å²) in [6.07, 6.45) is 1.42. The molecule has 8 nitrogen and oxygen atoms in total. The van der Waals surface area contributed by atoms with Gasteiger partial charge in [0.25, 0.3) is 5.91 Å². The van der Waals surface area contributed by atoms with Crippen molar-refractivity contribution in [3.05, 3.63) is 103 Å². The van der Waals surface area contributed by atoms with Crippen LogP contribution in [-0.4, -0.2) is 28.8 Å². The highest BCUT2D eigenvalue weighted by molar-refractivity contribution is 6.02. The number of esters is 1. The van der Waals surface area contributed by atoms with Gasteiger partial charge in [-0.1, -0.05) is 30.3 Å². The zero-order chi connectivity index (χ0) is 26.6. The Kier molecular flexibility index (Phi) is 6.73. The van der Waals surface area contributed by atoms with Crippen LogP contribution in [0.15, 0.2) is 95.6 Å². The van der Waals surface area contributed by atoms with Crippen LogP contribution >= 0.6 is 0 Å². The lowest BCUT2D eigenvalue weighted by Gasteiger charge is -2.11. The molecule has 38 heavy (non-hydrogen) atoms. The van der Waals surface area contributed by atoms with Crippen molar-refractivity contribution in [1.82, 2.24) is 9.78 Å². The Morgan fingerprint density at radius 2 is 1.76 bits per heavy atom. The zero-order valence-corrected chi connectivity index (χ0v) is 20.5. The van der Waals surface area contributed by atoms with Crippen molar-refractivity contribution in [1.29, 1.82) is 0 Å². The standard InChI is InChI=1S/C29H22FN3O5/c1-18(34)38-29-26(19-12-14-21(15-13-19)31-28(35)25-11-6-16-37-25)27(23-9-3-4-10-24(23)36-2)32-33(29)22-8-5-7-20(30)17-22/h3-17H,1-2H3,(H,31,35). The summed E-state index contributed by atoms with van der Waals surface area (Å²) in [5, 5.41) is 7.52. The van der Waals surface area contributed by atoms with E-state index in [-0.39, 0.29) is 11.6 Å². The second-order valence-electron chi connectivity index (χ2n) is 8.22. The van der Waals surface area contributed by atoms with Crippen LogP contribution < -0.4 is 14.8 Å². The van der Waals surface area contributed by atoms with Crippen molar-refractivity contribution in [2.75, 3.05) is 12.4 Å². The smallest absolute Gasteiger partial charge is 0.309 e. The highest BCUT2D eigenvalue weighted by atomic mass is 19.1. The molecule has 0 saturated carbocycles. The molecule has 0 fully saturated rings. The van der Waals surface area contributed by atoms with Gasteiger partial charge in [0.15, 0.2) is 5.76 Å². The molecule has 3 aromatic carbocycles. The fraction of sp³-hybridized carbons (Fsp3) is 0.0690. The number of furan rings is 1. The normalized spacial score (nSPS) is 10.7. The largest absolute Gasteiger partial charge is 0.496 e. The fourth-order valence-electron chi connectivity index (χ4n) is 4.03. The van der Waals surface area contributed by atoms with Crippen LogP contribution in [0, 0.1) is 5.82 Å². The molecule has 5 aromatic rings. The lowest BCUT2D eigenvalue weighted by molar-refractivity contribution is -0.132. The van der Waals surface area contributed by atoms with Gasteiger partial charge in [0.1, 0.15) is 17.3 Å². The molecule has 0 unspecified atom stereocenters. The van der Waals surface area contributed by atoms with Gasteiger partial charge in [0, 0.05) is 18.2 Å². The number of rotatable bonds is 7. The number of aromatic nitrogens is 2. The van der Waals surface area contributed by atoms with Crippen molar-refractivity contribution >= 4 is 17.6 Å². The number of amides is 1. The molecule has 2 heterocycles. The van der Waals surface area contributed by atoms with Crippen LogP contribution in [0.1, 0.15) is 17.5 Å². The number of para-hydroxylation sites is 1. The minimum Gasteiger partial charge on any atom is -0.496 e. The number of carbonyl (C=O) groups excluding carboxylic acids is 2. The van der Waals surface area contributed by atoms with E-state index in [1.54, 1.807) is 61.7 Å². The molecular formula is C29H22FN3O5. The Hall–Kier alpha value is -5.18. The third-order valence-electron chi connectivity index (χ3n) is 5.67. The Labute approximate surface area is 217 Å². The van der Waals surface area contributed by atoms with E-state index in [0.29, 0.717) is 39.5 Å². The second-order valence-corrected chi connectivity index (χ2v) is 8.22. The van der Waals surface area contributed by atoms with Crippen LogP contribution in [0.4, 0.5) is 10.1 Å². The van der Waals surface area contributed by atoms with E-state index in [1.165, 1.54) is 30.0 Å². The Morgan fingerprint density at radius 1 is 0.974 bits per heavy atom. The summed E-state index contributed by atoms with van der Waals surface area (Å²) in [4.78, 5) is 24.6. The second kappa shape index (κ2) is 10.4. The molecule has 2 aromatic heterocycles. The predicted octanol–water partition coefficient (Wildman–Crippen LogP) is 6.12. The van der Waals surface area contributed by atoms with Crippen molar-refractivity contribution in [2.45, 2.75) is 6.92 Å². The quantitative estimate of drug-likeness (QED) is 0.264. The third-order valence-corrected chi connectivity index (χ3v) is 5.67. The Balaban J connectivity index is 1.67. The predicted molar refractivity (Wildman–Crippen MR) is 139 cm³/mol. The minimum absolute atomic E-state index is 0.108. The van der Waals surface area contributed by atoms with E-state index < -0.39 is 17.7 Å². The van der Waals surface area contributed by atoms with Crippen LogP contribution in [0.3, 0.4) is 0 Å². The number of hydrogen-bond donors (Lipinski definition) is 1. The molecule has 0 spiro atoms. The van der Waals surface area contributed by atoms with Crippen LogP contribution in [0.25, 0.3) is 28.1 Å². The molecule has 1 amide bonds. The monoisotopic (exact) mass is 511 g/mol. The first-order valence-electron chi connectivity index (χ1n) is 11.6. The number of methoxy groups -OCH3 is 1. The topological polar surface area (TPSA) is 95.6 Å². The molecule has 0 bridgehead atoms. The average molecular weight is 512 g/mol. The van der Waals surface area contributed by atoms with Crippen LogP contribution in [-0.2, 0) is 4.79 Å². The van der Waals surface area contributed by atoms with Gasteiger partial charge in [-0.25, -0.2) is 4.39 Å². The van der Waals surface area contributed by atoms with Gasteiger partial charge in [-0.05, 0) is 60.2 Å². The maximum atomic E-state index is 14.2. The minimum atomic E-state index is -0.572.